The van der Waals surface area contributed by atoms with Crippen LogP contribution in [0.25, 0.3) is 10.9 Å². The number of rotatable bonds is 6. The van der Waals surface area contributed by atoms with E-state index in [2.05, 4.69) is 45.5 Å². The largest absolute Gasteiger partial charge is 0.493 e. The van der Waals surface area contributed by atoms with Crippen LogP contribution in [0.4, 0.5) is 15.8 Å². The monoisotopic (exact) mass is 442 g/mol. The predicted octanol–water partition coefficient (Wildman–Crippen LogP) is 6.81. The van der Waals surface area contributed by atoms with Gasteiger partial charge in [0.05, 0.1) is 12.2 Å². The molecule has 168 valence electrons. The van der Waals surface area contributed by atoms with Crippen molar-refractivity contribution in [1.29, 1.82) is 0 Å². The molecule has 1 fully saturated rings. The molecular formula is C27H27FN4O. The lowest BCUT2D eigenvalue weighted by molar-refractivity contribution is 0.145. The van der Waals surface area contributed by atoms with Crippen molar-refractivity contribution in [3.05, 3.63) is 90.2 Å². The summed E-state index contributed by atoms with van der Waals surface area (Å²) in [6.45, 7) is 2.55. The van der Waals surface area contributed by atoms with E-state index in [-0.39, 0.29) is 11.6 Å². The van der Waals surface area contributed by atoms with Gasteiger partial charge in [0.15, 0.2) is 11.5 Å². The standard InChI is InChI=1S/C27H27FN4O/c28-23-11-5-6-12-24(23)29-30-26-22-10-4-7-13-25(22)32(27(26)33)19-31-16-14-21(15-17-31)18-20-8-2-1-3-9-20/h1-13,21,33H,14-19H2. The van der Waals surface area contributed by atoms with Gasteiger partial charge in [-0.2, -0.15) is 0 Å². The van der Waals surface area contributed by atoms with Gasteiger partial charge in [-0.05, 0) is 48.9 Å². The average Bonchev–Trinajstić information content (AvgIpc) is 3.11. The second kappa shape index (κ2) is 9.55. The number of piperidine rings is 1. The summed E-state index contributed by atoms with van der Waals surface area (Å²) in [4.78, 5) is 2.37. The molecular weight excluding hydrogens is 415 g/mol. The van der Waals surface area contributed by atoms with Gasteiger partial charge in [0.1, 0.15) is 5.69 Å². The van der Waals surface area contributed by atoms with E-state index in [0.29, 0.717) is 18.3 Å². The minimum atomic E-state index is -0.442. The van der Waals surface area contributed by atoms with Crippen molar-refractivity contribution in [3.8, 4) is 5.88 Å². The molecule has 2 heterocycles. The highest BCUT2D eigenvalue weighted by Gasteiger charge is 2.23. The van der Waals surface area contributed by atoms with Gasteiger partial charge in [0.25, 0.3) is 0 Å². The third kappa shape index (κ3) is 4.66. The zero-order chi connectivity index (χ0) is 22.6. The van der Waals surface area contributed by atoms with E-state index < -0.39 is 5.82 Å². The summed E-state index contributed by atoms with van der Waals surface area (Å²) in [6.07, 6.45) is 3.39. The molecule has 33 heavy (non-hydrogen) atoms. The Kier molecular flexibility index (Phi) is 6.17. The van der Waals surface area contributed by atoms with Crippen molar-refractivity contribution in [1.82, 2.24) is 9.47 Å². The van der Waals surface area contributed by atoms with Crippen molar-refractivity contribution < 1.29 is 9.50 Å². The number of halogens is 1. The van der Waals surface area contributed by atoms with Crippen molar-refractivity contribution >= 4 is 22.3 Å². The van der Waals surface area contributed by atoms with Crippen LogP contribution in [0.15, 0.2) is 89.1 Å². The first-order chi connectivity index (χ1) is 16.2. The van der Waals surface area contributed by atoms with Crippen LogP contribution in [-0.4, -0.2) is 27.7 Å². The van der Waals surface area contributed by atoms with Crippen LogP contribution in [0.1, 0.15) is 18.4 Å². The number of azo groups is 1. The smallest absolute Gasteiger partial charge is 0.221 e. The Bertz CT molecular complexity index is 1260. The van der Waals surface area contributed by atoms with E-state index in [1.54, 1.807) is 18.2 Å². The lowest BCUT2D eigenvalue weighted by atomic mass is 9.90. The molecule has 0 atom stereocenters. The summed E-state index contributed by atoms with van der Waals surface area (Å²) in [5, 5.41) is 20.1. The first kappa shape index (κ1) is 21.3. The maximum Gasteiger partial charge on any atom is 0.221 e. The van der Waals surface area contributed by atoms with Crippen molar-refractivity contribution in [3.63, 3.8) is 0 Å². The molecule has 1 aliphatic rings. The number of para-hydroxylation sites is 1. The zero-order valence-corrected chi connectivity index (χ0v) is 18.4. The van der Waals surface area contributed by atoms with Gasteiger partial charge in [-0.1, -0.05) is 60.7 Å². The SMILES string of the molecule is Oc1c(N=Nc2ccccc2F)c2ccccc2n1CN1CCC(Cc2ccccc2)CC1. The third-order valence-corrected chi connectivity index (χ3v) is 6.44. The van der Waals surface area contributed by atoms with Gasteiger partial charge in [-0.15, -0.1) is 10.2 Å². The van der Waals surface area contributed by atoms with Crippen LogP contribution in [0.3, 0.4) is 0 Å². The first-order valence-electron chi connectivity index (χ1n) is 11.4. The minimum absolute atomic E-state index is 0.0581. The van der Waals surface area contributed by atoms with Crippen molar-refractivity contribution in [2.24, 2.45) is 16.1 Å². The Labute approximate surface area is 192 Å². The molecule has 1 N–H and O–H groups in total. The fourth-order valence-electron chi connectivity index (χ4n) is 4.63. The summed E-state index contributed by atoms with van der Waals surface area (Å²) < 4.78 is 15.8. The highest BCUT2D eigenvalue weighted by molar-refractivity contribution is 5.95. The van der Waals surface area contributed by atoms with E-state index in [4.69, 9.17) is 0 Å². The fourth-order valence-corrected chi connectivity index (χ4v) is 4.63. The van der Waals surface area contributed by atoms with Crippen molar-refractivity contribution in [2.45, 2.75) is 25.9 Å². The maximum absolute atomic E-state index is 14.0. The Morgan fingerprint density at radius 1 is 0.848 bits per heavy atom. The van der Waals surface area contributed by atoms with Gasteiger partial charge < -0.3 is 5.11 Å². The lowest BCUT2D eigenvalue weighted by Gasteiger charge is -2.32. The summed E-state index contributed by atoms with van der Waals surface area (Å²) in [5.41, 5.74) is 2.81. The van der Waals surface area contributed by atoms with E-state index >= 15 is 0 Å². The van der Waals surface area contributed by atoms with Crippen LogP contribution in [-0.2, 0) is 13.1 Å². The Balaban J connectivity index is 1.33. The molecule has 0 radical (unpaired) electrons. The van der Waals surface area contributed by atoms with Gasteiger partial charge in [-0.25, -0.2) is 4.39 Å². The Morgan fingerprint density at radius 2 is 1.55 bits per heavy atom. The molecule has 4 aromatic rings. The Hall–Kier alpha value is -3.51. The number of likely N-dealkylation sites (tertiary alicyclic amines) is 1. The van der Waals surface area contributed by atoms with Crippen LogP contribution >= 0.6 is 0 Å². The van der Waals surface area contributed by atoms with E-state index in [1.165, 1.54) is 11.6 Å². The molecule has 0 bridgehead atoms. The number of fused-ring (bicyclic) bond motifs is 1. The fraction of sp³-hybridized carbons (Fsp3) is 0.259. The second-order valence-corrected chi connectivity index (χ2v) is 8.66. The van der Waals surface area contributed by atoms with E-state index in [1.807, 2.05) is 28.8 Å². The van der Waals surface area contributed by atoms with E-state index in [0.717, 1.165) is 43.3 Å². The molecule has 0 amide bonds. The molecule has 1 saturated heterocycles. The number of hydrogen-bond acceptors (Lipinski definition) is 4. The normalized spacial score (nSPS) is 15.5. The summed E-state index contributed by atoms with van der Waals surface area (Å²) in [5.74, 6) is 0.300. The Morgan fingerprint density at radius 3 is 2.33 bits per heavy atom. The van der Waals surface area contributed by atoms with Gasteiger partial charge in [0, 0.05) is 18.5 Å². The molecule has 1 aliphatic heterocycles. The summed E-state index contributed by atoms with van der Waals surface area (Å²) in [7, 11) is 0. The molecule has 5 nitrogen and oxygen atoms in total. The third-order valence-electron chi connectivity index (χ3n) is 6.44. The molecule has 0 spiro atoms. The zero-order valence-electron chi connectivity index (χ0n) is 18.4. The molecule has 0 aliphatic carbocycles. The summed E-state index contributed by atoms with van der Waals surface area (Å²) in [6, 6.07) is 24.6. The number of benzene rings is 3. The average molecular weight is 443 g/mol. The number of aromatic hydroxyl groups is 1. The quantitative estimate of drug-likeness (QED) is 0.333. The van der Waals surface area contributed by atoms with Crippen LogP contribution < -0.4 is 0 Å². The number of nitrogens with zero attached hydrogens (tertiary/aromatic N) is 4. The highest BCUT2D eigenvalue weighted by Crippen LogP contribution is 2.40. The predicted molar refractivity (Wildman–Crippen MR) is 129 cm³/mol. The number of hydrogen-bond donors (Lipinski definition) is 1. The molecule has 6 heteroatoms. The van der Waals surface area contributed by atoms with Crippen LogP contribution in [0.2, 0.25) is 0 Å². The van der Waals surface area contributed by atoms with Crippen LogP contribution in [0, 0.1) is 11.7 Å². The molecule has 5 rings (SSSR count). The molecule has 0 saturated carbocycles. The summed E-state index contributed by atoms with van der Waals surface area (Å²) >= 11 is 0. The molecule has 1 aromatic heterocycles. The van der Waals surface area contributed by atoms with Gasteiger partial charge >= 0.3 is 0 Å². The number of aromatic nitrogens is 1. The van der Waals surface area contributed by atoms with Gasteiger partial charge in [0.2, 0.25) is 5.88 Å². The second-order valence-electron chi connectivity index (χ2n) is 8.66. The maximum atomic E-state index is 14.0. The first-order valence-corrected chi connectivity index (χ1v) is 11.4. The van der Waals surface area contributed by atoms with E-state index in [9.17, 15) is 9.50 Å². The molecule has 0 unspecified atom stereocenters. The topological polar surface area (TPSA) is 53.1 Å². The van der Waals surface area contributed by atoms with Crippen molar-refractivity contribution in [2.75, 3.05) is 13.1 Å². The van der Waals surface area contributed by atoms with Crippen LogP contribution in [0.5, 0.6) is 5.88 Å². The highest BCUT2D eigenvalue weighted by atomic mass is 19.1. The van der Waals surface area contributed by atoms with Gasteiger partial charge in [-0.3, -0.25) is 9.47 Å². The lowest BCUT2D eigenvalue weighted by Crippen LogP contribution is -2.35. The minimum Gasteiger partial charge on any atom is -0.493 e. The molecule has 3 aromatic carbocycles.